The molecule has 1 amide bonds. The van der Waals surface area contributed by atoms with Crippen LogP contribution in [0.3, 0.4) is 0 Å². The molecular weight excluding hydrogens is 437 g/mol. The molecule has 1 N–H and O–H groups in total. The highest BCUT2D eigenvalue weighted by atomic mass is 32.2. The van der Waals surface area contributed by atoms with E-state index in [1.54, 1.807) is 19.1 Å². The number of halogens is 3. The maximum Gasteiger partial charge on any atom is 0.416 e. The molecule has 0 aliphatic heterocycles. The summed E-state index contributed by atoms with van der Waals surface area (Å²) in [5, 5.41) is 2.56. The van der Waals surface area contributed by atoms with E-state index in [1.807, 2.05) is 0 Å². The van der Waals surface area contributed by atoms with Crippen molar-refractivity contribution in [1.29, 1.82) is 0 Å². The Morgan fingerprint density at radius 1 is 1.06 bits per heavy atom. The summed E-state index contributed by atoms with van der Waals surface area (Å²) in [6.45, 7) is 1.08. The van der Waals surface area contributed by atoms with E-state index in [0.717, 1.165) is 22.5 Å². The number of ether oxygens (including phenoxy) is 2. The molecule has 0 aromatic heterocycles. The number of amides is 1. The summed E-state index contributed by atoms with van der Waals surface area (Å²) >= 11 is 0. The van der Waals surface area contributed by atoms with Gasteiger partial charge in [0.1, 0.15) is 0 Å². The van der Waals surface area contributed by atoms with Gasteiger partial charge in [0.25, 0.3) is 0 Å². The molecule has 0 spiro atoms. The van der Waals surface area contributed by atoms with Gasteiger partial charge in [0.05, 0.1) is 31.2 Å². The highest BCUT2D eigenvalue weighted by molar-refractivity contribution is 7.89. The standard InChI is InChI=1S/C20H23F3N2O5S/c1-4-10-25(31(27,28)16-7-5-6-14(11-16)20(21,22)23)13-19(26)24-15-8-9-17(29-2)18(12-15)30-3/h5-9,11-12H,4,10,13H2,1-3H3,(H,24,26). The molecule has 31 heavy (non-hydrogen) atoms. The first-order valence-electron chi connectivity index (χ1n) is 9.22. The molecular formula is C20H23F3N2O5S. The number of benzene rings is 2. The van der Waals surface area contributed by atoms with E-state index in [1.165, 1.54) is 20.3 Å². The van der Waals surface area contributed by atoms with E-state index >= 15 is 0 Å². The van der Waals surface area contributed by atoms with E-state index in [4.69, 9.17) is 9.47 Å². The van der Waals surface area contributed by atoms with E-state index in [-0.39, 0.29) is 6.54 Å². The van der Waals surface area contributed by atoms with Gasteiger partial charge < -0.3 is 14.8 Å². The molecule has 0 saturated carbocycles. The van der Waals surface area contributed by atoms with Gasteiger partial charge in [0, 0.05) is 18.3 Å². The third-order valence-corrected chi connectivity index (χ3v) is 6.10. The van der Waals surface area contributed by atoms with Gasteiger partial charge in [0.15, 0.2) is 11.5 Å². The minimum Gasteiger partial charge on any atom is -0.493 e. The number of sulfonamides is 1. The summed E-state index contributed by atoms with van der Waals surface area (Å²) in [7, 11) is -1.45. The lowest BCUT2D eigenvalue weighted by molar-refractivity contribution is -0.137. The number of hydrogen-bond donors (Lipinski definition) is 1. The highest BCUT2D eigenvalue weighted by Crippen LogP contribution is 2.32. The fourth-order valence-corrected chi connectivity index (χ4v) is 4.32. The average Bonchev–Trinajstić information content (AvgIpc) is 2.72. The van der Waals surface area contributed by atoms with Crippen LogP contribution in [0.4, 0.5) is 18.9 Å². The Kier molecular flexibility index (Phi) is 7.91. The van der Waals surface area contributed by atoms with Gasteiger partial charge in [-0.1, -0.05) is 13.0 Å². The molecule has 0 aliphatic rings. The summed E-state index contributed by atoms with van der Waals surface area (Å²) in [4.78, 5) is 12.0. The Labute approximate surface area is 178 Å². The number of carbonyl (C=O) groups excluding carboxylic acids is 1. The summed E-state index contributed by atoms with van der Waals surface area (Å²) in [6.07, 6.45) is -4.33. The van der Waals surface area contributed by atoms with Crippen LogP contribution < -0.4 is 14.8 Å². The first-order valence-corrected chi connectivity index (χ1v) is 10.7. The van der Waals surface area contributed by atoms with Crippen LogP contribution in [0, 0.1) is 0 Å². The lowest BCUT2D eigenvalue weighted by atomic mass is 10.2. The van der Waals surface area contributed by atoms with E-state index in [0.29, 0.717) is 29.7 Å². The summed E-state index contributed by atoms with van der Waals surface area (Å²) in [5.41, 5.74) is -0.740. The lowest BCUT2D eigenvalue weighted by Crippen LogP contribution is -2.38. The zero-order valence-electron chi connectivity index (χ0n) is 17.2. The van der Waals surface area contributed by atoms with Gasteiger partial charge in [-0.2, -0.15) is 17.5 Å². The quantitative estimate of drug-likeness (QED) is 0.616. The molecule has 0 fully saturated rings. The van der Waals surface area contributed by atoms with E-state index in [2.05, 4.69) is 5.32 Å². The number of carbonyl (C=O) groups is 1. The third kappa shape index (κ3) is 6.11. The van der Waals surface area contributed by atoms with Crippen molar-refractivity contribution in [1.82, 2.24) is 4.31 Å². The molecule has 0 aliphatic carbocycles. The second-order valence-corrected chi connectivity index (χ2v) is 8.42. The lowest BCUT2D eigenvalue weighted by Gasteiger charge is -2.22. The summed E-state index contributed by atoms with van der Waals surface area (Å²) in [5.74, 6) is 0.152. The van der Waals surface area contributed by atoms with Gasteiger partial charge in [0.2, 0.25) is 15.9 Å². The topological polar surface area (TPSA) is 84.9 Å². The third-order valence-electron chi connectivity index (χ3n) is 4.26. The number of alkyl halides is 3. The van der Waals surface area contributed by atoms with Crippen LogP contribution in [0.2, 0.25) is 0 Å². The van der Waals surface area contributed by atoms with Gasteiger partial charge in [-0.15, -0.1) is 0 Å². The Morgan fingerprint density at radius 3 is 2.32 bits per heavy atom. The molecule has 2 aromatic carbocycles. The molecule has 0 atom stereocenters. The maximum absolute atomic E-state index is 13.0. The Bertz CT molecular complexity index is 1030. The maximum atomic E-state index is 13.0. The zero-order valence-corrected chi connectivity index (χ0v) is 18.0. The van der Waals surface area contributed by atoms with Crippen molar-refractivity contribution in [2.24, 2.45) is 0 Å². The molecule has 0 saturated heterocycles. The van der Waals surface area contributed by atoms with Crippen LogP contribution in [0.5, 0.6) is 11.5 Å². The Hall–Kier alpha value is -2.79. The molecule has 2 aromatic rings. The van der Waals surface area contributed by atoms with Crippen molar-refractivity contribution >= 4 is 21.6 Å². The molecule has 11 heteroatoms. The first kappa shape index (κ1) is 24.5. The van der Waals surface area contributed by atoms with Crippen LogP contribution in [-0.4, -0.2) is 45.9 Å². The SMILES string of the molecule is CCCN(CC(=O)Nc1ccc(OC)c(OC)c1)S(=O)(=O)c1cccc(C(F)(F)F)c1. The average molecular weight is 460 g/mol. The Morgan fingerprint density at radius 2 is 1.74 bits per heavy atom. The fraction of sp³-hybridized carbons (Fsp3) is 0.350. The van der Waals surface area contributed by atoms with E-state index in [9.17, 15) is 26.4 Å². The van der Waals surface area contributed by atoms with Crippen LogP contribution >= 0.6 is 0 Å². The van der Waals surface area contributed by atoms with Crippen LogP contribution in [0.1, 0.15) is 18.9 Å². The Balaban J connectivity index is 2.25. The van der Waals surface area contributed by atoms with Crippen molar-refractivity contribution in [3.8, 4) is 11.5 Å². The van der Waals surface area contributed by atoms with Crippen LogP contribution in [-0.2, 0) is 21.0 Å². The molecule has 0 unspecified atom stereocenters. The predicted molar refractivity (Wildman–Crippen MR) is 109 cm³/mol. The summed E-state index contributed by atoms with van der Waals surface area (Å²) in [6, 6.07) is 8.05. The normalized spacial score (nSPS) is 12.0. The minimum absolute atomic E-state index is 0.0437. The molecule has 170 valence electrons. The van der Waals surface area contributed by atoms with Crippen molar-refractivity contribution in [2.75, 3.05) is 32.6 Å². The second kappa shape index (κ2) is 10.0. The highest BCUT2D eigenvalue weighted by Gasteiger charge is 2.33. The number of hydrogen-bond acceptors (Lipinski definition) is 5. The number of nitrogens with one attached hydrogen (secondary N) is 1. The monoisotopic (exact) mass is 460 g/mol. The van der Waals surface area contributed by atoms with Gasteiger partial charge in [-0.25, -0.2) is 8.42 Å². The zero-order chi connectivity index (χ0) is 23.2. The summed E-state index contributed by atoms with van der Waals surface area (Å²) < 4.78 is 75.9. The first-order chi connectivity index (χ1) is 14.5. The largest absolute Gasteiger partial charge is 0.493 e. The molecule has 7 nitrogen and oxygen atoms in total. The van der Waals surface area contributed by atoms with Crippen LogP contribution in [0.15, 0.2) is 47.4 Å². The molecule has 0 radical (unpaired) electrons. The minimum atomic E-state index is -4.69. The predicted octanol–water partition coefficient (Wildman–Crippen LogP) is 3.76. The number of rotatable bonds is 9. The number of anilines is 1. The fourth-order valence-electron chi connectivity index (χ4n) is 2.79. The number of nitrogens with zero attached hydrogens (tertiary/aromatic N) is 1. The second-order valence-electron chi connectivity index (χ2n) is 6.48. The van der Waals surface area contributed by atoms with Crippen molar-refractivity contribution in [3.05, 3.63) is 48.0 Å². The van der Waals surface area contributed by atoms with Crippen LogP contribution in [0.25, 0.3) is 0 Å². The molecule has 2 rings (SSSR count). The van der Waals surface area contributed by atoms with Crippen molar-refractivity contribution < 1.29 is 35.9 Å². The number of methoxy groups -OCH3 is 2. The van der Waals surface area contributed by atoms with Crippen molar-refractivity contribution in [3.63, 3.8) is 0 Å². The van der Waals surface area contributed by atoms with Gasteiger partial charge in [-0.3, -0.25) is 4.79 Å². The van der Waals surface area contributed by atoms with E-state index < -0.39 is 39.1 Å². The molecule has 0 bridgehead atoms. The van der Waals surface area contributed by atoms with Crippen molar-refractivity contribution in [2.45, 2.75) is 24.4 Å². The molecule has 0 heterocycles. The van der Waals surface area contributed by atoms with Gasteiger partial charge in [-0.05, 0) is 36.8 Å². The smallest absolute Gasteiger partial charge is 0.416 e. The van der Waals surface area contributed by atoms with Gasteiger partial charge >= 0.3 is 6.18 Å².